The number of hydrogen-bond acceptors (Lipinski definition) is 5. The molecular formula is C23H24Cl3N3O6. The van der Waals surface area contributed by atoms with Gasteiger partial charge < -0.3 is 25.8 Å². The molecule has 2 rings (SSSR count). The number of halogens is 3. The summed E-state index contributed by atoms with van der Waals surface area (Å²) in [6, 6.07) is 7.99. The number of carboxylic acids is 1. The Labute approximate surface area is 217 Å². The molecule has 0 spiro atoms. The molecule has 0 aromatic heterocycles. The Kier molecular flexibility index (Phi) is 9.76. The van der Waals surface area contributed by atoms with Crippen molar-refractivity contribution in [1.29, 1.82) is 0 Å². The van der Waals surface area contributed by atoms with Gasteiger partial charge in [-0.2, -0.15) is 0 Å². The van der Waals surface area contributed by atoms with E-state index in [2.05, 4.69) is 16.0 Å². The first-order valence-corrected chi connectivity index (χ1v) is 11.4. The van der Waals surface area contributed by atoms with E-state index in [1.807, 2.05) is 0 Å². The van der Waals surface area contributed by atoms with Crippen LogP contribution in [0.25, 0.3) is 0 Å². The molecule has 1 atom stereocenters. The van der Waals surface area contributed by atoms with Gasteiger partial charge in [0.1, 0.15) is 11.6 Å². The topological polar surface area (TPSA) is 134 Å². The fourth-order valence-corrected chi connectivity index (χ4v) is 3.62. The number of aliphatic carboxylic acids is 1. The number of nitrogens with one attached hydrogen (secondary N) is 3. The molecular weight excluding hydrogens is 521 g/mol. The van der Waals surface area contributed by atoms with Crippen molar-refractivity contribution in [2.75, 3.05) is 11.9 Å². The van der Waals surface area contributed by atoms with Crippen LogP contribution >= 0.6 is 34.8 Å². The molecule has 0 saturated carbocycles. The molecule has 9 nitrogen and oxygen atoms in total. The number of alkyl carbamates (subject to hydrolysis) is 1. The van der Waals surface area contributed by atoms with E-state index in [1.54, 1.807) is 45.0 Å². The third-order valence-corrected chi connectivity index (χ3v) is 5.24. The first-order valence-electron chi connectivity index (χ1n) is 10.3. The first kappa shape index (κ1) is 28.2. The van der Waals surface area contributed by atoms with Crippen LogP contribution in [0.15, 0.2) is 36.4 Å². The Balaban J connectivity index is 2.13. The molecule has 0 fully saturated rings. The van der Waals surface area contributed by atoms with Crippen LogP contribution in [0.2, 0.25) is 15.1 Å². The van der Waals surface area contributed by atoms with Gasteiger partial charge in [-0.25, -0.2) is 9.59 Å². The van der Waals surface area contributed by atoms with Gasteiger partial charge >= 0.3 is 12.1 Å². The standard InChI is InChI=1S/C23H24Cl3N3O6/c1-23(2,3)35-22(34)27-11-16(21(32)33)29-20(31)18-14(25)7-8-15(19(18)26)28-17(30)10-12-5-4-6-13(24)9-12/h4-9,16H,10-11H2,1-3H3,(H,27,34)(H,28,30)(H,29,31)(H,32,33)/t16-/m0/s1. The molecule has 0 radical (unpaired) electrons. The molecule has 0 heterocycles. The van der Waals surface area contributed by atoms with Gasteiger partial charge in [-0.1, -0.05) is 46.9 Å². The number of hydrogen-bond donors (Lipinski definition) is 4. The second kappa shape index (κ2) is 12.1. The van der Waals surface area contributed by atoms with Crippen molar-refractivity contribution < 1.29 is 29.0 Å². The molecule has 4 N–H and O–H groups in total. The summed E-state index contributed by atoms with van der Waals surface area (Å²) in [4.78, 5) is 48.7. The Hall–Kier alpha value is -3.01. The highest BCUT2D eigenvalue weighted by Gasteiger charge is 2.26. The lowest BCUT2D eigenvalue weighted by atomic mass is 10.1. The van der Waals surface area contributed by atoms with E-state index < -0.39 is 42.1 Å². The molecule has 12 heteroatoms. The summed E-state index contributed by atoms with van der Waals surface area (Å²) in [6.45, 7) is 4.48. The molecule has 0 unspecified atom stereocenters. The van der Waals surface area contributed by atoms with Crippen LogP contribution in [0, 0.1) is 0 Å². The fourth-order valence-electron chi connectivity index (χ4n) is 2.81. The van der Waals surface area contributed by atoms with Gasteiger partial charge in [0.05, 0.1) is 34.3 Å². The molecule has 2 aromatic rings. The minimum atomic E-state index is -1.51. The lowest BCUT2D eigenvalue weighted by molar-refractivity contribution is -0.139. The quantitative estimate of drug-likeness (QED) is 0.386. The highest BCUT2D eigenvalue weighted by molar-refractivity contribution is 6.41. The van der Waals surface area contributed by atoms with Crippen LogP contribution in [-0.4, -0.2) is 47.2 Å². The van der Waals surface area contributed by atoms with Crippen LogP contribution in [0.3, 0.4) is 0 Å². The average molecular weight is 545 g/mol. The smallest absolute Gasteiger partial charge is 0.407 e. The van der Waals surface area contributed by atoms with Crippen molar-refractivity contribution >= 4 is 64.4 Å². The summed E-state index contributed by atoms with van der Waals surface area (Å²) in [5.74, 6) is -2.75. The van der Waals surface area contributed by atoms with Crippen molar-refractivity contribution in [3.8, 4) is 0 Å². The number of benzene rings is 2. The maximum atomic E-state index is 12.8. The van der Waals surface area contributed by atoms with Crippen LogP contribution < -0.4 is 16.0 Å². The summed E-state index contributed by atoms with van der Waals surface area (Å²) in [7, 11) is 0. The maximum absolute atomic E-state index is 12.8. The molecule has 3 amide bonds. The lowest BCUT2D eigenvalue weighted by Gasteiger charge is -2.21. The van der Waals surface area contributed by atoms with E-state index in [4.69, 9.17) is 39.5 Å². The minimum absolute atomic E-state index is 0.00152. The first-order chi connectivity index (χ1) is 16.3. The molecule has 2 aromatic carbocycles. The average Bonchev–Trinajstić information content (AvgIpc) is 2.71. The second-order valence-electron chi connectivity index (χ2n) is 8.39. The SMILES string of the molecule is CC(C)(C)OC(=O)NC[C@H](NC(=O)c1c(Cl)ccc(NC(=O)Cc2cccc(Cl)c2)c1Cl)C(=O)O. The number of carbonyl (C=O) groups is 4. The van der Waals surface area contributed by atoms with E-state index in [-0.39, 0.29) is 27.7 Å². The molecule has 188 valence electrons. The van der Waals surface area contributed by atoms with E-state index in [0.717, 1.165) is 0 Å². The zero-order valence-corrected chi connectivity index (χ0v) is 21.3. The molecule has 0 aliphatic carbocycles. The van der Waals surface area contributed by atoms with E-state index in [9.17, 15) is 24.3 Å². The van der Waals surface area contributed by atoms with Gasteiger partial charge in [0.15, 0.2) is 0 Å². The van der Waals surface area contributed by atoms with Crippen molar-refractivity contribution in [2.45, 2.75) is 38.8 Å². The van der Waals surface area contributed by atoms with Gasteiger partial charge in [0.2, 0.25) is 5.91 Å². The van der Waals surface area contributed by atoms with Gasteiger partial charge in [0.25, 0.3) is 5.91 Å². The van der Waals surface area contributed by atoms with Crippen molar-refractivity contribution in [3.05, 3.63) is 62.6 Å². The Bertz CT molecular complexity index is 1130. The number of anilines is 1. The molecule has 0 aliphatic rings. The number of rotatable bonds is 8. The predicted octanol–water partition coefficient (Wildman–Crippen LogP) is 4.54. The number of ether oxygens (including phenoxy) is 1. The van der Waals surface area contributed by atoms with Crippen molar-refractivity contribution in [2.24, 2.45) is 0 Å². The zero-order chi connectivity index (χ0) is 26.3. The molecule has 35 heavy (non-hydrogen) atoms. The second-order valence-corrected chi connectivity index (χ2v) is 9.61. The predicted molar refractivity (Wildman–Crippen MR) is 133 cm³/mol. The highest BCUT2D eigenvalue weighted by atomic mass is 35.5. The third kappa shape index (κ3) is 8.93. The van der Waals surface area contributed by atoms with Gasteiger partial charge in [0, 0.05) is 5.02 Å². The molecule has 0 saturated heterocycles. The normalized spacial score (nSPS) is 11.8. The van der Waals surface area contributed by atoms with Gasteiger partial charge in [-0.05, 0) is 50.6 Å². The maximum Gasteiger partial charge on any atom is 0.407 e. The Morgan fingerprint density at radius 1 is 1.06 bits per heavy atom. The van der Waals surface area contributed by atoms with Crippen molar-refractivity contribution in [1.82, 2.24) is 10.6 Å². The highest BCUT2D eigenvalue weighted by Crippen LogP contribution is 2.32. The lowest BCUT2D eigenvalue weighted by Crippen LogP contribution is -2.49. The molecule has 0 bridgehead atoms. The summed E-state index contributed by atoms with van der Waals surface area (Å²) in [5, 5.41) is 16.8. The number of carboxylic acid groups (broad SMARTS) is 1. The number of amides is 3. The van der Waals surface area contributed by atoms with E-state index >= 15 is 0 Å². The Morgan fingerprint density at radius 2 is 1.74 bits per heavy atom. The minimum Gasteiger partial charge on any atom is -0.480 e. The van der Waals surface area contributed by atoms with Crippen LogP contribution in [0.1, 0.15) is 36.7 Å². The summed E-state index contributed by atoms with van der Waals surface area (Å²) < 4.78 is 5.05. The van der Waals surface area contributed by atoms with Crippen molar-refractivity contribution in [3.63, 3.8) is 0 Å². The van der Waals surface area contributed by atoms with E-state index in [0.29, 0.717) is 10.6 Å². The zero-order valence-electron chi connectivity index (χ0n) is 19.1. The summed E-state index contributed by atoms with van der Waals surface area (Å²) in [6.07, 6.45) is -0.850. The van der Waals surface area contributed by atoms with Crippen LogP contribution in [-0.2, 0) is 20.7 Å². The largest absolute Gasteiger partial charge is 0.480 e. The summed E-state index contributed by atoms with van der Waals surface area (Å²) >= 11 is 18.4. The van der Waals surface area contributed by atoms with Crippen LogP contribution in [0.4, 0.5) is 10.5 Å². The fraction of sp³-hybridized carbons (Fsp3) is 0.304. The summed E-state index contributed by atoms with van der Waals surface area (Å²) in [5.41, 5.74) is -0.255. The third-order valence-electron chi connectivity index (χ3n) is 4.30. The Morgan fingerprint density at radius 3 is 2.34 bits per heavy atom. The van der Waals surface area contributed by atoms with Gasteiger partial charge in [-0.3, -0.25) is 9.59 Å². The van der Waals surface area contributed by atoms with Gasteiger partial charge in [-0.15, -0.1) is 0 Å². The monoisotopic (exact) mass is 543 g/mol. The van der Waals surface area contributed by atoms with E-state index in [1.165, 1.54) is 12.1 Å². The molecule has 0 aliphatic heterocycles. The number of carbonyl (C=O) groups excluding carboxylic acids is 3. The van der Waals surface area contributed by atoms with Crippen LogP contribution in [0.5, 0.6) is 0 Å².